The Bertz CT molecular complexity index is 1570. The number of aliphatic hydroxyl groups excluding tert-OH is 1. The lowest BCUT2D eigenvalue weighted by Crippen LogP contribution is -2.29. The highest BCUT2D eigenvalue weighted by Crippen LogP contribution is 2.45. The van der Waals surface area contributed by atoms with E-state index in [4.69, 9.17) is 9.72 Å². The van der Waals surface area contributed by atoms with Crippen molar-refractivity contribution < 1.29 is 19.4 Å². The molecule has 0 saturated carbocycles. The third kappa shape index (κ3) is 4.27. The fraction of sp³-hybridized carbons (Fsp3) is 0.241. The van der Waals surface area contributed by atoms with Gasteiger partial charge in [0.25, 0.3) is 5.78 Å². The van der Waals surface area contributed by atoms with Gasteiger partial charge in [-0.05, 0) is 54.3 Å². The third-order valence-corrected chi connectivity index (χ3v) is 7.49. The Balaban J connectivity index is 1.72. The highest BCUT2D eigenvalue weighted by Gasteiger charge is 2.49. The van der Waals surface area contributed by atoms with E-state index in [1.54, 1.807) is 36.5 Å². The van der Waals surface area contributed by atoms with E-state index >= 15 is 0 Å². The van der Waals surface area contributed by atoms with Gasteiger partial charge in [0, 0.05) is 6.20 Å². The summed E-state index contributed by atoms with van der Waals surface area (Å²) in [6.45, 7) is 8.28. The van der Waals surface area contributed by atoms with Crippen LogP contribution in [0.1, 0.15) is 49.2 Å². The molecule has 1 saturated heterocycles. The first-order chi connectivity index (χ1) is 17.6. The zero-order valence-corrected chi connectivity index (χ0v) is 22.1. The summed E-state index contributed by atoms with van der Waals surface area (Å²) in [5, 5.41) is 11.8. The normalized spacial score (nSPS) is 17.5. The second-order valence-corrected chi connectivity index (χ2v) is 11.1. The molecular weight excluding hydrogens is 486 g/mol. The van der Waals surface area contributed by atoms with Gasteiger partial charge in [-0.25, -0.2) is 4.98 Å². The number of hydrogen-bond donors (Lipinski definition) is 1. The van der Waals surface area contributed by atoms with E-state index in [1.165, 1.54) is 23.3 Å². The highest BCUT2D eigenvalue weighted by molar-refractivity contribution is 7.22. The van der Waals surface area contributed by atoms with Crippen molar-refractivity contribution in [3.05, 3.63) is 88.8 Å². The second kappa shape index (κ2) is 9.12. The molecule has 1 N–H and O–H groups in total. The number of nitrogens with zero attached hydrogens (tertiary/aromatic N) is 3. The van der Waals surface area contributed by atoms with Crippen LogP contribution >= 0.6 is 11.3 Å². The Hall–Kier alpha value is -4.04. The number of aromatic nitrogens is 2. The lowest BCUT2D eigenvalue weighted by Gasteiger charge is -2.22. The molecule has 1 amide bonds. The first kappa shape index (κ1) is 24.6. The van der Waals surface area contributed by atoms with Crippen LogP contribution in [-0.4, -0.2) is 33.9 Å². The summed E-state index contributed by atoms with van der Waals surface area (Å²) in [6, 6.07) is 15.6. The van der Waals surface area contributed by atoms with Crippen molar-refractivity contribution in [2.75, 3.05) is 12.0 Å². The molecule has 5 rings (SSSR count). The van der Waals surface area contributed by atoms with Crippen molar-refractivity contribution in [1.29, 1.82) is 0 Å². The molecule has 1 fully saturated rings. The number of carbonyl (C=O) groups excluding carboxylic acids is 2. The average Bonchev–Trinajstić information content (AvgIpc) is 3.41. The summed E-state index contributed by atoms with van der Waals surface area (Å²) in [4.78, 5) is 37.5. The van der Waals surface area contributed by atoms with Gasteiger partial charge in [0.05, 0.1) is 34.2 Å². The zero-order valence-electron chi connectivity index (χ0n) is 21.3. The molecule has 0 aliphatic carbocycles. The fourth-order valence-corrected chi connectivity index (χ4v) is 5.51. The van der Waals surface area contributed by atoms with Crippen molar-refractivity contribution in [2.45, 2.75) is 39.2 Å². The number of methoxy groups -OCH3 is 1. The smallest absolute Gasteiger partial charge is 0.301 e. The van der Waals surface area contributed by atoms with Crippen LogP contribution in [0.15, 0.2) is 66.4 Å². The number of aryl methyl sites for hydroxylation is 1. The van der Waals surface area contributed by atoms with Crippen molar-refractivity contribution >= 4 is 44.1 Å². The van der Waals surface area contributed by atoms with E-state index in [9.17, 15) is 14.7 Å². The zero-order chi connectivity index (χ0) is 26.5. The van der Waals surface area contributed by atoms with Gasteiger partial charge in [-0.2, -0.15) is 0 Å². The minimum absolute atomic E-state index is 0.0527. The molecule has 3 heterocycles. The predicted octanol–water partition coefficient (Wildman–Crippen LogP) is 5.93. The van der Waals surface area contributed by atoms with Gasteiger partial charge in [-0.15, -0.1) is 0 Å². The van der Waals surface area contributed by atoms with Crippen LogP contribution in [0.25, 0.3) is 16.0 Å². The summed E-state index contributed by atoms with van der Waals surface area (Å²) >= 11 is 1.33. The maximum Gasteiger partial charge on any atom is 0.301 e. The number of ether oxygens (including phenoxy) is 1. The number of benzene rings is 2. The van der Waals surface area contributed by atoms with Gasteiger partial charge in [-0.3, -0.25) is 19.5 Å². The minimum atomic E-state index is -0.950. The molecule has 0 bridgehead atoms. The Labute approximate surface area is 219 Å². The average molecular weight is 514 g/mol. The van der Waals surface area contributed by atoms with Gasteiger partial charge in [0.2, 0.25) is 0 Å². The van der Waals surface area contributed by atoms with E-state index in [2.05, 4.69) is 31.8 Å². The molecule has 7 nitrogen and oxygen atoms in total. The number of fused-ring (bicyclic) bond motifs is 1. The summed E-state index contributed by atoms with van der Waals surface area (Å²) < 4.78 is 6.35. The van der Waals surface area contributed by atoms with Gasteiger partial charge in [-0.1, -0.05) is 55.9 Å². The molecule has 8 heteroatoms. The molecule has 1 aliphatic rings. The van der Waals surface area contributed by atoms with Crippen molar-refractivity contribution in [2.24, 2.45) is 0 Å². The van der Waals surface area contributed by atoms with Crippen molar-refractivity contribution in [1.82, 2.24) is 9.97 Å². The van der Waals surface area contributed by atoms with Crippen LogP contribution in [0.2, 0.25) is 0 Å². The largest absolute Gasteiger partial charge is 0.507 e. The summed E-state index contributed by atoms with van der Waals surface area (Å²) in [5.74, 6) is -1.48. The van der Waals surface area contributed by atoms with Crippen LogP contribution in [0.3, 0.4) is 0 Å². The number of Topliss-reactive ketones (excluding diaryl/α,β-unsaturated/α-hetero) is 1. The van der Waals surface area contributed by atoms with Crippen LogP contribution in [0.4, 0.5) is 5.13 Å². The quantitative estimate of drug-likeness (QED) is 0.207. The molecule has 188 valence electrons. The fourth-order valence-electron chi connectivity index (χ4n) is 4.48. The van der Waals surface area contributed by atoms with E-state index in [1.807, 2.05) is 25.1 Å². The number of carbonyl (C=O) groups is 2. The van der Waals surface area contributed by atoms with Crippen molar-refractivity contribution in [3.8, 4) is 5.75 Å². The van der Waals surface area contributed by atoms with E-state index in [0.29, 0.717) is 22.1 Å². The SMILES string of the molecule is COc1ccc(C)cc1/C(O)=C1\C(=O)C(=O)N(c2nc3ccc(C(C)(C)C)cc3s2)C1c1ccccn1. The number of thiazole rings is 1. The van der Waals surface area contributed by atoms with E-state index in [-0.39, 0.29) is 16.7 Å². The van der Waals surface area contributed by atoms with Gasteiger partial charge >= 0.3 is 5.91 Å². The highest BCUT2D eigenvalue weighted by atomic mass is 32.1. The molecule has 1 unspecified atom stereocenters. The number of aliphatic hydroxyl groups is 1. The number of rotatable bonds is 4. The molecule has 4 aromatic rings. The monoisotopic (exact) mass is 513 g/mol. The van der Waals surface area contributed by atoms with Crippen LogP contribution in [-0.2, 0) is 15.0 Å². The lowest BCUT2D eigenvalue weighted by molar-refractivity contribution is -0.132. The number of ketones is 1. The van der Waals surface area contributed by atoms with Crippen molar-refractivity contribution in [3.63, 3.8) is 0 Å². The molecular formula is C29H27N3O4S. The molecule has 2 aromatic carbocycles. The topological polar surface area (TPSA) is 92.6 Å². The maximum absolute atomic E-state index is 13.5. The predicted molar refractivity (Wildman–Crippen MR) is 145 cm³/mol. The Morgan fingerprint density at radius 3 is 2.54 bits per heavy atom. The molecule has 0 radical (unpaired) electrons. The third-order valence-electron chi connectivity index (χ3n) is 6.47. The number of anilines is 1. The maximum atomic E-state index is 13.5. The van der Waals surface area contributed by atoms with Crippen LogP contribution in [0.5, 0.6) is 5.75 Å². The van der Waals surface area contributed by atoms with E-state index < -0.39 is 17.7 Å². The van der Waals surface area contributed by atoms with Gasteiger partial charge in [0.15, 0.2) is 5.13 Å². The first-order valence-corrected chi connectivity index (χ1v) is 12.7. The Morgan fingerprint density at radius 2 is 1.86 bits per heavy atom. The molecule has 37 heavy (non-hydrogen) atoms. The van der Waals surface area contributed by atoms with Crippen LogP contribution < -0.4 is 9.64 Å². The second-order valence-electron chi connectivity index (χ2n) is 10.1. The number of pyridine rings is 1. The lowest BCUT2D eigenvalue weighted by atomic mass is 9.87. The first-order valence-electron chi connectivity index (χ1n) is 11.9. The molecule has 1 aliphatic heterocycles. The van der Waals surface area contributed by atoms with Gasteiger partial charge < -0.3 is 9.84 Å². The Kier molecular flexibility index (Phi) is 6.07. The molecule has 0 spiro atoms. The number of amides is 1. The standard InChI is InChI=1S/C29H27N3O4S/c1-16-9-12-21(36-5)18(14-16)25(33)23-24(20-8-6-7-13-30-20)32(27(35)26(23)34)28-31-19-11-10-17(29(2,3)4)15-22(19)37-28/h6-15,24,33H,1-5H3/b25-23+. The summed E-state index contributed by atoms with van der Waals surface area (Å²) in [6.07, 6.45) is 1.59. The van der Waals surface area contributed by atoms with E-state index in [0.717, 1.165) is 21.3 Å². The number of hydrogen-bond acceptors (Lipinski definition) is 7. The molecule has 2 aromatic heterocycles. The summed E-state index contributed by atoms with van der Waals surface area (Å²) in [5.41, 5.74) is 3.42. The Morgan fingerprint density at radius 1 is 1.08 bits per heavy atom. The summed E-state index contributed by atoms with van der Waals surface area (Å²) in [7, 11) is 1.49. The molecule has 1 atom stereocenters. The van der Waals surface area contributed by atoms with Crippen LogP contribution in [0, 0.1) is 6.92 Å². The minimum Gasteiger partial charge on any atom is -0.507 e. The van der Waals surface area contributed by atoms with Gasteiger partial charge in [0.1, 0.15) is 17.6 Å².